The number of nitriles is 1. The smallest absolute Gasteiger partial charge is 0.126 e. The summed E-state index contributed by atoms with van der Waals surface area (Å²) in [5.74, 6) is 2.05. The third-order valence-electron chi connectivity index (χ3n) is 2.89. The van der Waals surface area contributed by atoms with Gasteiger partial charge in [-0.2, -0.15) is 5.26 Å². The minimum Gasteiger partial charge on any atom is -0.496 e. The molecule has 21 heavy (non-hydrogen) atoms. The Hall–Kier alpha value is -1.77. The van der Waals surface area contributed by atoms with E-state index in [0.717, 1.165) is 11.3 Å². The van der Waals surface area contributed by atoms with Crippen molar-refractivity contribution >= 4 is 23.4 Å². The molecule has 0 spiro atoms. The zero-order valence-electron chi connectivity index (χ0n) is 12.0. The molecule has 1 aromatic carbocycles. The number of hydrogen-bond acceptors (Lipinski definition) is 5. The van der Waals surface area contributed by atoms with E-state index in [1.165, 1.54) is 11.8 Å². The van der Waals surface area contributed by atoms with Gasteiger partial charge in [-0.1, -0.05) is 11.6 Å². The number of methoxy groups -OCH3 is 1. The van der Waals surface area contributed by atoms with Gasteiger partial charge in [0.2, 0.25) is 0 Å². The topological polar surface area (TPSA) is 58.8 Å². The van der Waals surface area contributed by atoms with Crippen LogP contribution in [0.1, 0.15) is 22.6 Å². The number of aromatic nitrogens is 2. The molecule has 0 unspecified atom stereocenters. The van der Waals surface area contributed by atoms with Gasteiger partial charge in [-0.3, -0.25) is 0 Å². The van der Waals surface area contributed by atoms with E-state index in [4.69, 9.17) is 16.3 Å². The number of halogens is 1. The van der Waals surface area contributed by atoms with E-state index >= 15 is 0 Å². The molecular formula is C15H14ClN3OS. The molecule has 0 aliphatic rings. The Balaban J connectivity index is 2.29. The number of benzene rings is 1. The molecule has 4 nitrogen and oxygen atoms in total. The first-order valence-corrected chi connectivity index (χ1v) is 7.62. The second kappa shape index (κ2) is 6.79. The maximum Gasteiger partial charge on any atom is 0.126 e. The molecule has 1 heterocycles. The van der Waals surface area contributed by atoms with Crippen molar-refractivity contribution in [3.05, 3.63) is 45.9 Å². The number of nitrogens with zero attached hydrogens (tertiary/aromatic N) is 3. The van der Waals surface area contributed by atoms with Gasteiger partial charge in [0.15, 0.2) is 0 Å². The largest absolute Gasteiger partial charge is 0.496 e. The molecule has 0 radical (unpaired) electrons. The summed E-state index contributed by atoms with van der Waals surface area (Å²) in [6, 6.07) is 7.64. The van der Waals surface area contributed by atoms with Crippen molar-refractivity contribution < 1.29 is 4.74 Å². The van der Waals surface area contributed by atoms with Crippen LogP contribution in [0.3, 0.4) is 0 Å². The van der Waals surface area contributed by atoms with Gasteiger partial charge in [0.1, 0.15) is 28.2 Å². The van der Waals surface area contributed by atoms with Crippen LogP contribution in [0.2, 0.25) is 5.02 Å². The molecular weight excluding hydrogens is 306 g/mol. The van der Waals surface area contributed by atoms with Crippen LogP contribution in [0, 0.1) is 25.2 Å². The third-order valence-corrected chi connectivity index (χ3v) is 4.15. The Morgan fingerprint density at radius 3 is 2.76 bits per heavy atom. The molecule has 0 saturated carbocycles. The lowest BCUT2D eigenvalue weighted by molar-refractivity contribution is 0.411. The van der Waals surface area contributed by atoms with Gasteiger partial charge >= 0.3 is 0 Å². The minimum absolute atomic E-state index is 0.520. The second-order valence-electron chi connectivity index (χ2n) is 4.39. The summed E-state index contributed by atoms with van der Waals surface area (Å²) in [6.45, 7) is 3.63. The van der Waals surface area contributed by atoms with Crippen LogP contribution in [0.4, 0.5) is 0 Å². The zero-order chi connectivity index (χ0) is 15.4. The lowest BCUT2D eigenvalue weighted by Gasteiger charge is -2.10. The first kappa shape index (κ1) is 15.6. The van der Waals surface area contributed by atoms with Crippen molar-refractivity contribution in [1.82, 2.24) is 9.97 Å². The van der Waals surface area contributed by atoms with Gasteiger partial charge in [0.05, 0.1) is 12.8 Å². The minimum atomic E-state index is 0.520. The first-order valence-electron chi connectivity index (χ1n) is 6.25. The predicted molar refractivity (Wildman–Crippen MR) is 83.8 cm³/mol. The van der Waals surface area contributed by atoms with Crippen molar-refractivity contribution in [2.24, 2.45) is 0 Å². The maximum atomic E-state index is 9.24. The average Bonchev–Trinajstić information content (AvgIpc) is 2.44. The summed E-state index contributed by atoms with van der Waals surface area (Å²) < 4.78 is 5.32. The van der Waals surface area contributed by atoms with Crippen LogP contribution in [-0.4, -0.2) is 17.1 Å². The normalized spacial score (nSPS) is 10.2. The Bertz CT molecular complexity index is 713. The maximum absolute atomic E-state index is 9.24. The monoisotopic (exact) mass is 319 g/mol. The molecule has 0 aliphatic heterocycles. The molecule has 0 amide bonds. The van der Waals surface area contributed by atoms with Crippen molar-refractivity contribution in [2.45, 2.75) is 24.6 Å². The molecule has 1 aromatic heterocycles. The summed E-state index contributed by atoms with van der Waals surface area (Å²) in [4.78, 5) is 8.57. The van der Waals surface area contributed by atoms with E-state index in [1.807, 2.05) is 26.0 Å². The second-order valence-corrected chi connectivity index (χ2v) is 5.79. The quantitative estimate of drug-likeness (QED) is 0.631. The molecule has 0 aliphatic carbocycles. The summed E-state index contributed by atoms with van der Waals surface area (Å²) >= 11 is 7.50. The van der Waals surface area contributed by atoms with Crippen LogP contribution in [-0.2, 0) is 5.75 Å². The van der Waals surface area contributed by atoms with Gasteiger partial charge in [0, 0.05) is 16.3 Å². The summed E-state index contributed by atoms with van der Waals surface area (Å²) in [5.41, 5.74) is 2.19. The Labute approximate surface area is 133 Å². The van der Waals surface area contributed by atoms with Crippen LogP contribution in [0.15, 0.2) is 23.2 Å². The van der Waals surface area contributed by atoms with E-state index in [1.54, 1.807) is 13.2 Å². The SMILES string of the molecule is COc1ccc(Cl)cc1CSc1nc(C)nc(C)c1C#N. The highest BCUT2D eigenvalue weighted by molar-refractivity contribution is 7.98. The first-order chi connectivity index (χ1) is 10.0. The van der Waals surface area contributed by atoms with Gasteiger partial charge in [-0.15, -0.1) is 11.8 Å². The molecule has 2 rings (SSSR count). The molecule has 108 valence electrons. The van der Waals surface area contributed by atoms with E-state index < -0.39 is 0 Å². The fraction of sp³-hybridized carbons (Fsp3) is 0.267. The van der Waals surface area contributed by atoms with Crippen molar-refractivity contribution in [3.8, 4) is 11.8 Å². The Morgan fingerprint density at radius 1 is 1.33 bits per heavy atom. The number of aryl methyl sites for hydroxylation is 2. The van der Waals surface area contributed by atoms with Crippen molar-refractivity contribution in [2.75, 3.05) is 7.11 Å². The van der Waals surface area contributed by atoms with Crippen molar-refractivity contribution in [3.63, 3.8) is 0 Å². The van der Waals surface area contributed by atoms with Gasteiger partial charge < -0.3 is 4.74 Å². The summed E-state index contributed by atoms with van der Waals surface area (Å²) in [6.07, 6.45) is 0. The zero-order valence-corrected chi connectivity index (χ0v) is 13.5. The molecule has 0 atom stereocenters. The molecule has 2 aromatic rings. The molecule has 0 bridgehead atoms. The van der Waals surface area contributed by atoms with E-state index in [2.05, 4.69) is 16.0 Å². The molecule has 0 fully saturated rings. The van der Waals surface area contributed by atoms with Gasteiger partial charge in [-0.25, -0.2) is 9.97 Å². The van der Waals surface area contributed by atoms with Crippen molar-refractivity contribution in [1.29, 1.82) is 5.26 Å². The van der Waals surface area contributed by atoms with Crippen LogP contribution in [0.25, 0.3) is 0 Å². The van der Waals surface area contributed by atoms with E-state index in [9.17, 15) is 5.26 Å². The summed E-state index contributed by atoms with van der Waals surface area (Å²) in [5, 5.41) is 10.6. The van der Waals surface area contributed by atoms with E-state index in [0.29, 0.717) is 32.9 Å². The summed E-state index contributed by atoms with van der Waals surface area (Å²) in [7, 11) is 1.62. The van der Waals surface area contributed by atoms with E-state index in [-0.39, 0.29) is 0 Å². The lowest BCUT2D eigenvalue weighted by atomic mass is 10.2. The average molecular weight is 320 g/mol. The highest BCUT2D eigenvalue weighted by atomic mass is 35.5. The highest BCUT2D eigenvalue weighted by Crippen LogP contribution is 2.31. The molecule has 0 saturated heterocycles. The number of hydrogen-bond donors (Lipinski definition) is 0. The fourth-order valence-corrected chi connectivity index (χ4v) is 3.17. The third kappa shape index (κ3) is 3.66. The Morgan fingerprint density at radius 2 is 2.10 bits per heavy atom. The number of thioether (sulfide) groups is 1. The van der Waals surface area contributed by atoms with Crippen LogP contribution < -0.4 is 4.74 Å². The fourth-order valence-electron chi connectivity index (χ4n) is 1.92. The van der Waals surface area contributed by atoms with Crippen LogP contribution >= 0.6 is 23.4 Å². The van der Waals surface area contributed by atoms with Gasteiger partial charge in [-0.05, 0) is 32.0 Å². The van der Waals surface area contributed by atoms with Gasteiger partial charge in [0.25, 0.3) is 0 Å². The van der Waals surface area contributed by atoms with Crippen LogP contribution in [0.5, 0.6) is 5.75 Å². The molecule has 0 N–H and O–H groups in total. The standard InChI is InChI=1S/C15H14ClN3OS/c1-9-13(7-17)15(19-10(2)18-9)21-8-11-6-12(16)4-5-14(11)20-3/h4-6H,8H2,1-3H3. The number of ether oxygens (including phenoxy) is 1. The lowest BCUT2D eigenvalue weighted by Crippen LogP contribution is -1.99. The Kier molecular flexibility index (Phi) is 5.05. The number of rotatable bonds is 4. The highest BCUT2D eigenvalue weighted by Gasteiger charge is 2.12. The molecule has 6 heteroatoms. The predicted octanol–water partition coefficient (Wildman–Crippen LogP) is 3.92.